The molecule has 2 aromatic heterocycles. The summed E-state index contributed by atoms with van der Waals surface area (Å²) < 4.78 is 3.10. The summed E-state index contributed by atoms with van der Waals surface area (Å²) in [7, 11) is 0. The van der Waals surface area contributed by atoms with Crippen LogP contribution in [-0.2, 0) is 12.4 Å². The third-order valence-electron chi connectivity index (χ3n) is 3.06. The molecule has 4 nitrogen and oxygen atoms in total. The van der Waals surface area contributed by atoms with Gasteiger partial charge in [0, 0.05) is 10.7 Å². The Balaban J connectivity index is 2.10. The van der Waals surface area contributed by atoms with Crippen LogP contribution in [0.4, 0.5) is 0 Å². The van der Waals surface area contributed by atoms with Crippen LogP contribution in [0, 0.1) is 6.92 Å². The molecule has 1 aromatic carbocycles. The van der Waals surface area contributed by atoms with Crippen molar-refractivity contribution in [2.24, 2.45) is 0 Å². The Hall–Kier alpha value is -1.46. The largest absolute Gasteiger partial charge is 0.321 e. The second-order valence-corrected chi connectivity index (χ2v) is 5.66. The molecule has 0 aliphatic heterocycles. The number of aromatic nitrogens is 4. The van der Waals surface area contributed by atoms with E-state index in [4.69, 9.17) is 11.6 Å². The molecule has 0 aliphatic rings. The first-order chi connectivity index (χ1) is 9.67. The van der Waals surface area contributed by atoms with E-state index in [1.807, 2.05) is 31.2 Å². The quantitative estimate of drug-likeness (QED) is 0.676. The maximum absolute atomic E-state index is 6.01. The highest BCUT2D eigenvalue weighted by Gasteiger charge is 2.11. The highest BCUT2D eigenvalue weighted by molar-refractivity contribution is 9.10. The van der Waals surface area contributed by atoms with Crippen molar-refractivity contribution in [2.45, 2.75) is 19.3 Å². The third kappa shape index (κ3) is 2.55. The number of fused-ring (bicyclic) bond motifs is 1. The van der Waals surface area contributed by atoms with Gasteiger partial charge in [0.25, 0.3) is 0 Å². The molecule has 0 aliphatic carbocycles. The van der Waals surface area contributed by atoms with Gasteiger partial charge in [-0.1, -0.05) is 15.9 Å². The van der Waals surface area contributed by atoms with E-state index < -0.39 is 0 Å². The van der Waals surface area contributed by atoms with Crippen molar-refractivity contribution < 1.29 is 0 Å². The van der Waals surface area contributed by atoms with Crippen LogP contribution in [-0.4, -0.2) is 19.5 Å². The third-order valence-corrected chi connectivity index (χ3v) is 3.79. The molecule has 3 rings (SSSR count). The van der Waals surface area contributed by atoms with E-state index >= 15 is 0 Å². The first-order valence-corrected chi connectivity index (χ1v) is 7.49. The molecule has 0 saturated carbocycles. The van der Waals surface area contributed by atoms with Gasteiger partial charge in [-0.05, 0) is 31.2 Å². The lowest BCUT2D eigenvalue weighted by atomic mass is 10.3. The summed E-state index contributed by atoms with van der Waals surface area (Å²) in [5, 5.41) is 0. The Labute approximate surface area is 130 Å². The first-order valence-electron chi connectivity index (χ1n) is 6.16. The van der Waals surface area contributed by atoms with Gasteiger partial charge in [0.15, 0.2) is 0 Å². The van der Waals surface area contributed by atoms with E-state index in [1.165, 1.54) is 0 Å². The Morgan fingerprint density at radius 2 is 2.10 bits per heavy atom. The van der Waals surface area contributed by atoms with Crippen LogP contribution in [0.3, 0.4) is 0 Å². The zero-order chi connectivity index (χ0) is 14.1. The lowest BCUT2D eigenvalue weighted by Crippen LogP contribution is -2.06. The number of alkyl halides is 1. The second kappa shape index (κ2) is 5.50. The average molecular weight is 352 g/mol. The van der Waals surface area contributed by atoms with Gasteiger partial charge in [-0.2, -0.15) is 0 Å². The van der Waals surface area contributed by atoms with Crippen LogP contribution < -0.4 is 0 Å². The molecular formula is C14H12BrClN4. The van der Waals surface area contributed by atoms with Crippen LogP contribution >= 0.6 is 27.5 Å². The molecular weight excluding hydrogens is 340 g/mol. The molecule has 0 radical (unpaired) electrons. The molecule has 0 fully saturated rings. The molecule has 0 unspecified atom stereocenters. The Morgan fingerprint density at radius 1 is 1.25 bits per heavy atom. The molecule has 0 saturated heterocycles. The first kappa shape index (κ1) is 13.5. The van der Waals surface area contributed by atoms with E-state index in [1.54, 1.807) is 6.20 Å². The zero-order valence-corrected chi connectivity index (χ0v) is 13.2. The van der Waals surface area contributed by atoms with Crippen molar-refractivity contribution in [2.75, 3.05) is 0 Å². The minimum absolute atomic E-state index is 0.371. The normalized spacial score (nSPS) is 11.2. The number of hydrogen-bond donors (Lipinski definition) is 0. The lowest BCUT2D eigenvalue weighted by molar-refractivity contribution is 0.749. The van der Waals surface area contributed by atoms with Crippen LogP contribution in [0.1, 0.15) is 17.3 Å². The van der Waals surface area contributed by atoms with Crippen molar-refractivity contribution in [3.63, 3.8) is 0 Å². The van der Waals surface area contributed by atoms with Crippen molar-refractivity contribution in [3.05, 3.63) is 52.3 Å². The summed E-state index contributed by atoms with van der Waals surface area (Å²) in [6, 6.07) is 7.95. The Bertz CT molecular complexity index is 769. The summed E-state index contributed by atoms with van der Waals surface area (Å²) in [4.78, 5) is 13.1. The van der Waals surface area contributed by atoms with Gasteiger partial charge in [-0.3, -0.25) is 0 Å². The summed E-state index contributed by atoms with van der Waals surface area (Å²) in [6.45, 7) is 2.53. The number of nitrogens with zero attached hydrogens (tertiary/aromatic N) is 4. The molecule has 2 heterocycles. The lowest BCUT2D eigenvalue weighted by Gasteiger charge is -2.07. The molecule has 3 aromatic rings. The number of halogens is 2. The average Bonchev–Trinajstić information content (AvgIpc) is 2.76. The number of imidazole rings is 1. The fraction of sp³-hybridized carbons (Fsp3) is 0.214. The van der Waals surface area contributed by atoms with Gasteiger partial charge in [-0.25, -0.2) is 15.0 Å². The van der Waals surface area contributed by atoms with E-state index in [2.05, 4.69) is 35.4 Å². The summed E-state index contributed by atoms with van der Waals surface area (Å²) in [5.74, 6) is 1.98. The standard InChI is InChI=1S/C14H12BrClN4/c1-9-17-5-4-11(18-9)8-20-13-3-2-10(15)6-12(13)19-14(20)7-16/h2-6H,7-8H2,1H3. The van der Waals surface area contributed by atoms with Crippen molar-refractivity contribution in [1.82, 2.24) is 19.5 Å². The molecule has 102 valence electrons. The maximum atomic E-state index is 6.01. The Kier molecular flexibility index (Phi) is 3.72. The SMILES string of the molecule is Cc1nccc(Cn2c(CCl)nc3cc(Br)ccc32)n1. The zero-order valence-electron chi connectivity index (χ0n) is 10.8. The molecule has 6 heteroatoms. The fourth-order valence-electron chi connectivity index (χ4n) is 2.19. The van der Waals surface area contributed by atoms with Crippen molar-refractivity contribution in [3.8, 4) is 0 Å². The fourth-order valence-corrected chi connectivity index (χ4v) is 2.74. The summed E-state index contributed by atoms with van der Waals surface area (Å²) in [6.07, 6.45) is 1.77. The number of hydrogen-bond acceptors (Lipinski definition) is 3. The minimum Gasteiger partial charge on any atom is -0.321 e. The maximum Gasteiger partial charge on any atom is 0.125 e. The highest BCUT2D eigenvalue weighted by atomic mass is 79.9. The smallest absolute Gasteiger partial charge is 0.125 e. The van der Waals surface area contributed by atoms with Gasteiger partial charge in [0.2, 0.25) is 0 Å². The minimum atomic E-state index is 0.371. The topological polar surface area (TPSA) is 43.6 Å². The van der Waals surface area contributed by atoms with E-state index in [0.29, 0.717) is 12.4 Å². The van der Waals surface area contributed by atoms with Crippen molar-refractivity contribution in [1.29, 1.82) is 0 Å². The monoisotopic (exact) mass is 350 g/mol. The summed E-state index contributed by atoms with van der Waals surface area (Å²) in [5.41, 5.74) is 2.94. The predicted octanol–water partition coefficient (Wildman–Crippen LogP) is 3.68. The van der Waals surface area contributed by atoms with E-state index in [0.717, 1.165) is 32.8 Å². The van der Waals surface area contributed by atoms with Crippen LogP contribution in [0.15, 0.2) is 34.9 Å². The molecule has 0 amide bonds. The number of aryl methyl sites for hydroxylation is 1. The van der Waals surface area contributed by atoms with E-state index in [9.17, 15) is 0 Å². The van der Waals surface area contributed by atoms with Gasteiger partial charge >= 0.3 is 0 Å². The summed E-state index contributed by atoms with van der Waals surface area (Å²) >= 11 is 9.47. The number of rotatable bonds is 3. The molecule has 0 spiro atoms. The van der Waals surface area contributed by atoms with Crippen LogP contribution in [0.2, 0.25) is 0 Å². The molecule has 0 atom stereocenters. The van der Waals surface area contributed by atoms with Gasteiger partial charge in [-0.15, -0.1) is 11.6 Å². The highest BCUT2D eigenvalue weighted by Crippen LogP contribution is 2.22. The van der Waals surface area contributed by atoms with E-state index in [-0.39, 0.29) is 0 Å². The van der Waals surface area contributed by atoms with Crippen LogP contribution in [0.25, 0.3) is 11.0 Å². The predicted molar refractivity (Wildman–Crippen MR) is 82.9 cm³/mol. The van der Waals surface area contributed by atoms with Gasteiger partial charge in [0.05, 0.1) is 29.2 Å². The Morgan fingerprint density at radius 3 is 2.85 bits per heavy atom. The van der Waals surface area contributed by atoms with Crippen molar-refractivity contribution >= 4 is 38.6 Å². The number of benzene rings is 1. The van der Waals surface area contributed by atoms with Gasteiger partial charge < -0.3 is 4.57 Å². The second-order valence-electron chi connectivity index (χ2n) is 4.48. The molecule has 0 bridgehead atoms. The molecule has 0 N–H and O–H groups in total. The van der Waals surface area contributed by atoms with Crippen LogP contribution in [0.5, 0.6) is 0 Å². The van der Waals surface area contributed by atoms with Gasteiger partial charge in [0.1, 0.15) is 11.6 Å². The molecule has 20 heavy (non-hydrogen) atoms.